The standard InChI is InChI=1S/C13H17ClN2O/c1-2-10-3-4-11(9-12(10)14)13(17)16-7-5-15-6-8-16/h3-4,9,15H,2,5-8H2,1H3. The lowest BCUT2D eigenvalue weighted by atomic mass is 10.1. The third-order valence-corrected chi connectivity index (χ3v) is 3.44. The number of aryl methyl sites for hydroxylation is 1. The van der Waals surface area contributed by atoms with Gasteiger partial charge in [0.2, 0.25) is 0 Å². The lowest BCUT2D eigenvalue weighted by Gasteiger charge is -2.27. The molecule has 1 aliphatic heterocycles. The van der Waals surface area contributed by atoms with Crippen LogP contribution in [0.2, 0.25) is 5.02 Å². The predicted octanol–water partition coefficient (Wildman–Crippen LogP) is 1.95. The number of hydrogen-bond donors (Lipinski definition) is 1. The molecule has 1 saturated heterocycles. The zero-order chi connectivity index (χ0) is 12.3. The van der Waals surface area contributed by atoms with Crippen molar-refractivity contribution in [2.24, 2.45) is 0 Å². The van der Waals surface area contributed by atoms with Crippen LogP contribution in [0.15, 0.2) is 18.2 Å². The van der Waals surface area contributed by atoms with E-state index in [1.165, 1.54) is 0 Å². The van der Waals surface area contributed by atoms with Gasteiger partial charge >= 0.3 is 0 Å². The molecular weight excluding hydrogens is 236 g/mol. The van der Waals surface area contributed by atoms with Gasteiger partial charge < -0.3 is 10.2 Å². The van der Waals surface area contributed by atoms with Crippen LogP contribution in [0.5, 0.6) is 0 Å². The summed E-state index contributed by atoms with van der Waals surface area (Å²) in [7, 11) is 0. The van der Waals surface area contributed by atoms with Crippen molar-refractivity contribution in [3.05, 3.63) is 34.3 Å². The van der Waals surface area contributed by atoms with Crippen molar-refractivity contribution in [1.82, 2.24) is 10.2 Å². The van der Waals surface area contributed by atoms with Crippen LogP contribution in [-0.4, -0.2) is 37.0 Å². The molecule has 1 aromatic carbocycles. The van der Waals surface area contributed by atoms with E-state index < -0.39 is 0 Å². The van der Waals surface area contributed by atoms with Crippen molar-refractivity contribution in [2.45, 2.75) is 13.3 Å². The molecule has 1 heterocycles. The molecular formula is C13H17ClN2O. The van der Waals surface area contributed by atoms with Crippen molar-refractivity contribution in [2.75, 3.05) is 26.2 Å². The van der Waals surface area contributed by atoms with E-state index in [0.29, 0.717) is 10.6 Å². The number of benzene rings is 1. The molecule has 0 aliphatic carbocycles. The fourth-order valence-corrected chi connectivity index (χ4v) is 2.33. The Balaban J connectivity index is 2.16. The molecule has 1 N–H and O–H groups in total. The second-order valence-corrected chi connectivity index (χ2v) is 4.61. The highest BCUT2D eigenvalue weighted by molar-refractivity contribution is 6.31. The summed E-state index contributed by atoms with van der Waals surface area (Å²) in [5, 5.41) is 3.92. The van der Waals surface area contributed by atoms with Gasteiger partial charge in [0, 0.05) is 36.8 Å². The van der Waals surface area contributed by atoms with Crippen molar-refractivity contribution in [1.29, 1.82) is 0 Å². The molecule has 17 heavy (non-hydrogen) atoms. The Morgan fingerprint density at radius 3 is 2.71 bits per heavy atom. The molecule has 3 nitrogen and oxygen atoms in total. The molecule has 0 saturated carbocycles. The Morgan fingerprint density at radius 2 is 2.12 bits per heavy atom. The second kappa shape index (κ2) is 5.52. The lowest BCUT2D eigenvalue weighted by Crippen LogP contribution is -2.46. The van der Waals surface area contributed by atoms with Crippen molar-refractivity contribution < 1.29 is 4.79 Å². The van der Waals surface area contributed by atoms with E-state index in [9.17, 15) is 4.79 Å². The highest BCUT2D eigenvalue weighted by Gasteiger charge is 2.18. The second-order valence-electron chi connectivity index (χ2n) is 4.20. The quantitative estimate of drug-likeness (QED) is 0.873. The summed E-state index contributed by atoms with van der Waals surface area (Å²) >= 11 is 6.13. The molecule has 1 fully saturated rings. The highest BCUT2D eigenvalue weighted by atomic mass is 35.5. The summed E-state index contributed by atoms with van der Waals surface area (Å²) in [5.74, 6) is 0.0797. The van der Waals surface area contributed by atoms with Gasteiger partial charge in [0.15, 0.2) is 0 Å². The van der Waals surface area contributed by atoms with Gasteiger partial charge in [0.1, 0.15) is 0 Å². The number of hydrogen-bond acceptors (Lipinski definition) is 2. The van der Waals surface area contributed by atoms with Crippen molar-refractivity contribution in [3.63, 3.8) is 0 Å². The Morgan fingerprint density at radius 1 is 1.41 bits per heavy atom. The third-order valence-electron chi connectivity index (χ3n) is 3.09. The molecule has 1 amide bonds. The van der Waals surface area contributed by atoms with Crippen LogP contribution in [0.25, 0.3) is 0 Å². The first kappa shape index (κ1) is 12.4. The first-order valence-electron chi connectivity index (χ1n) is 6.00. The molecule has 0 bridgehead atoms. The normalized spacial score (nSPS) is 16.0. The summed E-state index contributed by atoms with van der Waals surface area (Å²) in [4.78, 5) is 14.1. The molecule has 0 aromatic heterocycles. The minimum atomic E-state index is 0.0797. The van der Waals surface area contributed by atoms with Crippen molar-refractivity contribution >= 4 is 17.5 Å². The van der Waals surface area contributed by atoms with Crippen LogP contribution in [-0.2, 0) is 6.42 Å². The van der Waals surface area contributed by atoms with Crippen LogP contribution >= 0.6 is 11.6 Å². The SMILES string of the molecule is CCc1ccc(C(=O)N2CCNCC2)cc1Cl. The summed E-state index contributed by atoms with van der Waals surface area (Å²) in [6.07, 6.45) is 0.890. The summed E-state index contributed by atoms with van der Waals surface area (Å²) in [6.45, 7) is 5.33. The number of nitrogens with one attached hydrogen (secondary N) is 1. The van der Waals surface area contributed by atoms with Gasteiger partial charge in [-0.25, -0.2) is 0 Å². The summed E-state index contributed by atoms with van der Waals surface area (Å²) in [6, 6.07) is 5.59. The number of piperazine rings is 1. The van der Waals surface area contributed by atoms with Gasteiger partial charge in [-0.1, -0.05) is 24.6 Å². The Bertz CT molecular complexity index is 414. The van der Waals surface area contributed by atoms with Crippen LogP contribution in [0, 0.1) is 0 Å². The van der Waals surface area contributed by atoms with E-state index in [1.807, 2.05) is 17.0 Å². The third kappa shape index (κ3) is 2.79. The molecule has 0 atom stereocenters. The molecule has 0 unspecified atom stereocenters. The predicted molar refractivity (Wildman–Crippen MR) is 69.6 cm³/mol. The maximum atomic E-state index is 12.2. The van der Waals surface area contributed by atoms with Crippen LogP contribution in [0.1, 0.15) is 22.8 Å². The topological polar surface area (TPSA) is 32.3 Å². The Hall–Kier alpha value is -1.06. The van der Waals surface area contributed by atoms with Gasteiger partial charge in [0.05, 0.1) is 0 Å². The van der Waals surface area contributed by atoms with Crippen molar-refractivity contribution in [3.8, 4) is 0 Å². The van der Waals surface area contributed by atoms with E-state index >= 15 is 0 Å². The van der Waals surface area contributed by atoms with E-state index in [1.54, 1.807) is 6.07 Å². The van der Waals surface area contributed by atoms with Gasteiger partial charge in [-0.3, -0.25) is 4.79 Å². The monoisotopic (exact) mass is 252 g/mol. The van der Waals surface area contributed by atoms with Crippen LogP contribution in [0.4, 0.5) is 0 Å². The lowest BCUT2D eigenvalue weighted by molar-refractivity contribution is 0.0736. The number of rotatable bonds is 2. The molecule has 0 spiro atoms. The maximum Gasteiger partial charge on any atom is 0.253 e. The van der Waals surface area contributed by atoms with Gasteiger partial charge in [-0.2, -0.15) is 0 Å². The van der Waals surface area contributed by atoms with E-state index in [2.05, 4.69) is 12.2 Å². The summed E-state index contributed by atoms with van der Waals surface area (Å²) < 4.78 is 0. The smallest absolute Gasteiger partial charge is 0.253 e. The molecule has 4 heteroatoms. The Kier molecular flexibility index (Phi) is 4.02. The van der Waals surface area contributed by atoms with Gasteiger partial charge in [-0.05, 0) is 24.1 Å². The Labute approximate surface area is 107 Å². The first-order valence-corrected chi connectivity index (χ1v) is 6.38. The number of nitrogens with zero attached hydrogens (tertiary/aromatic N) is 1. The first-order chi connectivity index (χ1) is 8.22. The summed E-state index contributed by atoms with van der Waals surface area (Å²) in [5.41, 5.74) is 1.78. The largest absolute Gasteiger partial charge is 0.336 e. The van der Waals surface area contributed by atoms with Crippen LogP contribution in [0.3, 0.4) is 0 Å². The molecule has 92 valence electrons. The zero-order valence-electron chi connectivity index (χ0n) is 10.0. The minimum Gasteiger partial charge on any atom is -0.336 e. The average Bonchev–Trinajstić information content (AvgIpc) is 2.39. The number of amides is 1. The van der Waals surface area contributed by atoms with E-state index in [-0.39, 0.29) is 5.91 Å². The number of carbonyl (C=O) groups is 1. The van der Waals surface area contributed by atoms with Crippen LogP contribution < -0.4 is 5.32 Å². The highest BCUT2D eigenvalue weighted by Crippen LogP contribution is 2.19. The fraction of sp³-hybridized carbons (Fsp3) is 0.462. The number of carbonyl (C=O) groups excluding carboxylic acids is 1. The average molecular weight is 253 g/mol. The molecule has 0 radical (unpaired) electrons. The van der Waals surface area contributed by atoms with Gasteiger partial charge in [0.25, 0.3) is 5.91 Å². The van der Waals surface area contributed by atoms with E-state index in [0.717, 1.165) is 38.2 Å². The molecule has 2 rings (SSSR count). The van der Waals surface area contributed by atoms with E-state index in [4.69, 9.17) is 11.6 Å². The fourth-order valence-electron chi connectivity index (χ4n) is 2.02. The zero-order valence-corrected chi connectivity index (χ0v) is 10.8. The van der Waals surface area contributed by atoms with Gasteiger partial charge in [-0.15, -0.1) is 0 Å². The number of halogens is 1. The minimum absolute atomic E-state index is 0.0797. The molecule has 1 aromatic rings. The maximum absolute atomic E-state index is 12.2. The molecule has 1 aliphatic rings.